The van der Waals surface area contributed by atoms with E-state index in [9.17, 15) is 30.1 Å². The van der Waals surface area contributed by atoms with E-state index < -0.39 is 17.4 Å². The van der Waals surface area contributed by atoms with Crippen LogP contribution in [0.1, 0.15) is 143 Å². The monoisotopic (exact) mass is 815 g/mol. The Labute approximate surface area is 344 Å². The Balaban J connectivity index is 1.31. The van der Waals surface area contributed by atoms with Gasteiger partial charge in [-0.15, -0.1) is 22.7 Å². The molecule has 6 rings (SSSR count). The summed E-state index contributed by atoms with van der Waals surface area (Å²) in [5, 5.41) is 45.2. The molecule has 306 valence electrons. The summed E-state index contributed by atoms with van der Waals surface area (Å²) < 4.78 is 0. The number of anilines is 4. The number of hydrogen-bond donors (Lipinski definition) is 4. The van der Waals surface area contributed by atoms with E-state index in [4.69, 9.17) is 9.97 Å². The molecule has 2 aromatic carbocycles. The van der Waals surface area contributed by atoms with Crippen molar-refractivity contribution in [2.75, 3.05) is 22.9 Å². The highest BCUT2D eigenvalue weighted by Gasteiger charge is 2.47. The normalized spacial score (nSPS) is 20.5. The van der Waals surface area contributed by atoms with Crippen LogP contribution >= 0.6 is 22.7 Å². The number of aromatic carboxylic acids is 2. The van der Waals surface area contributed by atoms with Crippen molar-refractivity contribution in [1.29, 1.82) is 0 Å². The number of benzene rings is 2. The van der Waals surface area contributed by atoms with Gasteiger partial charge < -0.3 is 30.3 Å². The van der Waals surface area contributed by atoms with Gasteiger partial charge in [-0.2, -0.15) is 0 Å². The zero-order valence-corrected chi connectivity index (χ0v) is 36.4. The molecule has 0 radical (unpaired) electrons. The molecule has 13 heteroatoms. The number of hydrogen-bond acceptors (Lipinski definition) is 11. The summed E-state index contributed by atoms with van der Waals surface area (Å²) in [5.41, 5.74) is 3.34. The maximum absolute atomic E-state index is 11.8. The zero-order chi connectivity index (χ0) is 41.8. The van der Waals surface area contributed by atoms with Gasteiger partial charge in [0.1, 0.15) is 11.3 Å². The number of phenols is 1. The molecule has 11 nitrogen and oxygen atoms in total. The van der Waals surface area contributed by atoms with E-state index in [2.05, 4.69) is 84.2 Å². The van der Waals surface area contributed by atoms with Gasteiger partial charge in [0.05, 0.1) is 22.7 Å². The fourth-order valence-electron chi connectivity index (χ4n) is 8.25. The number of carboxylic acids is 2. The third-order valence-electron chi connectivity index (χ3n) is 12.0. The van der Waals surface area contributed by atoms with E-state index in [0.717, 1.165) is 53.0 Å². The standard InChI is InChI=1S/C44H57N5O6S2/c1-25(2)23-48(29-15-16-30(38(53)54)31(50)21-29)40-46-34-36(57-40)41(4,5)19-20-44(34,10)18-17-26(3)24-49(28-13-11-27(12-14-28)37(51)52)39-45-33-35(56-39)42(6,7)22-32(47-55)43(33,8)9/h11-16,21,25-26,50,55H,17-20,22-24H2,1-10H3,(H,51,52)(H,53,54)/b47-32-. The van der Waals surface area contributed by atoms with Gasteiger partial charge in [0.2, 0.25) is 0 Å². The second-order valence-electron chi connectivity index (χ2n) is 18.6. The van der Waals surface area contributed by atoms with Crippen LogP contribution in [0.4, 0.5) is 21.6 Å². The summed E-state index contributed by atoms with van der Waals surface area (Å²) in [4.78, 5) is 40.9. The van der Waals surface area contributed by atoms with Crippen LogP contribution in [0, 0.1) is 11.8 Å². The second kappa shape index (κ2) is 15.4. The van der Waals surface area contributed by atoms with Crippen LogP contribution in [0.3, 0.4) is 0 Å². The second-order valence-corrected chi connectivity index (χ2v) is 20.6. The molecule has 0 aliphatic heterocycles. The molecule has 0 spiro atoms. The van der Waals surface area contributed by atoms with Crippen molar-refractivity contribution in [1.82, 2.24) is 9.97 Å². The third-order valence-corrected chi connectivity index (χ3v) is 14.9. The lowest BCUT2D eigenvalue weighted by Crippen LogP contribution is -2.41. The molecular formula is C44H57N5O6S2. The molecule has 2 aliphatic carbocycles. The van der Waals surface area contributed by atoms with Crippen LogP contribution in [-0.4, -0.2) is 61.2 Å². The van der Waals surface area contributed by atoms with Crippen LogP contribution in [0.15, 0.2) is 47.6 Å². The van der Waals surface area contributed by atoms with Gasteiger partial charge in [0, 0.05) is 61.9 Å². The number of nitrogens with zero attached hydrogens (tertiary/aromatic N) is 5. The maximum atomic E-state index is 11.8. The number of rotatable bonds is 13. The highest BCUT2D eigenvalue weighted by molar-refractivity contribution is 7.16. The number of carbonyl (C=O) groups is 2. The molecule has 2 aromatic heterocycles. The van der Waals surface area contributed by atoms with Crippen LogP contribution in [0.5, 0.6) is 5.75 Å². The minimum atomic E-state index is -1.17. The van der Waals surface area contributed by atoms with Crippen LogP contribution < -0.4 is 9.80 Å². The van der Waals surface area contributed by atoms with Gasteiger partial charge in [-0.1, -0.05) is 60.5 Å². The Morgan fingerprint density at radius 3 is 1.93 bits per heavy atom. The Bertz CT molecular complexity index is 2190. The summed E-state index contributed by atoms with van der Waals surface area (Å²) >= 11 is 3.36. The zero-order valence-electron chi connectivity index (χ0n) is 34.8. The number of aromatic nitrogens is 2. The summed E-state index contributed by atoms with van der Waals surface area (Å²) in [6.45, 7) is 23.2. The summed E-state index contributed by atoms with van der Waals surface area (Å²) in [6, 6.07) is 11.7. The lowest BCUT2D eigenvalue weighted by atomic mass is 9.65. The van der Waals surface area contributed by atoms with E-state index in [-0.39, 0.29) is 45.0 Å². The van der Waals surface area contributed by atoms with Gasteiger partial charge in [-0.25, -0.2) is 19.6 Å². The predicted octanol–water partition coefficient (Wildman–Crippen LogP) is 10.9. The maximum Gasteiger partial charge on any atom is 0.339 e. The lowest BCUT2D eigenvalue weighted by molar-refractivity contribution is 0.0684. The largest absolute Gasteiger partial charge is 0.507 e. The molecule has 2 aliphatic rings. The van der Waals surface area contributed by atoms with E-state index in [1.165, 1.54) is 21.9 Å². The van der Waals surface area contributed by atoms with Gasteiger partial charge in [0.15, 0.2) is 10.3 Å². The Hall–Kier alpha value is -4.49. The van der Waals surface area contributed by atoms with Crippen LogP contribution in [0.2, 0.25) is 0 Å². The number of thiazole rings is 2. The van der Waals surface area contributed by atoms with Crippen LogP contribution in [-0.2, 0) is 21.7 Å². The van der Waals surface area contributed by atoms with Crippen molar-refractivity contribution in [3.8, 4) is 5.75 Å². The van der Waals surface area contributed by atoms with Gasteiger partial charge in [-0.3, -0.25) is 0 Å². The molecule has 0 saturated heterocycles. The first-order valence-corrected chi connectivity index (χ1v) is 21.4. The third kappa shape index (κ3) is 8.14. The first-order valence-electron chi connectivity index (χ1n) is 19.8. The number of carboxylic acid groups (broad SMARTS) is 2. The Morgan fingerprint density at radius 1 is 0.789 bits per heavy atom. The first kappa shape index (κ1) is 42.1. The summed E-state index contributed by atoms with van der Waals surface area (Å²) in [5.74, 6) is -1.91. The van der Waals surface area contributed by atoms with E-state index in [0.29, 0.717) is 30.9 Å². The molecule has 0 saturated carbocycles. The minimum absolute atomic E-state index is 0.0692. The lowest BCUT2D eigenvalue weighted by Gasteiger charge is -2.40. The molecule has 2 unspecified atom stereocenters. The molecule has 0 bridgehead atoms. The highest BCUT2D eigenvalue weighted by Crippen LogP contribution is 2.53. The summed E-state index contributed by atoms with van der Waals surface area (Å²) in [6.07, 6.45) is 4.45. The van der Waals surface area contributed by atoms with Crippen molar-refractivity contribution < 1.29 is 30.1 Å². The van der Waals surface area contributed by atoms with Gasteiger partial charge in [0.25, 0.3) is 0 Å². The molecule has 57 heavy (non-hydrogen) atoms. The highest BCUT2D eigenvalue weighted by atomic mass is 32.1. The predicted molar refractivity (Wildman–Crippen MR) is 229 cm³/mol. The van der Waals surface area contributed by atoms with Crippen molar-refractivity contribution in [2.24, 2.45) is 17.0 Å². The fraction of sp³-hybridized carbons (Fsp3) is 0.523. The SMILES string of the molecule is CC(C)CN(c1ccc(C(=O)O)c(O)c1)c1nc2c(s1)C(C)(C)CCC2(C)CCC(C)CN(c1ccc(C(=O)O)cc1)c1nc2c(s1)C(C)(C)C/C(=N/O)C2(C)C. The fourth-order valence-corrected chi connectivity index (χ4v) is 11.0. The quantitative estimate of drug-likeness (QED) is 0.0755. The average molecular weight is 816 g/mol. The number of fused-ring (bicyclic) bond motifs is 2. The average Bonchev–Trinajstić information content (AvgIpc) is 3.81. The first-order chi connectivity index (χ1) is 26.6. The Kier molecular flexibility index (Phi) is 11.3. The molecule has 4 aromatic rings. The van der Waals surface area contributed by atoms with E-state index in [1.807, 2.05) is 12.1 Å². The molecule has 2 atom stereocenters. The number of aromatic hydroxyl groups is 1. The topological polar surface area (TPSA) is 160 Å². The molecule has 0 amide bonds. The van der Waals surface area contributed by atoms with Gasteiger partial charge >= 0.3 is 11.9 Å². The number of oxime groups is 1. The minimum Gasteiger partial charge on any atom is -0.507 e. The van der Waals surface area contributed by atoms with Crippen LogP contribution in [0.25, 0.3) is 0 Å². The molecule has 2 heterocycles. The van der Waals surface area contributed by atoms with Gasteiger partial charge in [-0.05, 0) is 94.2 Å². The summed E-state index contributed by atoms with van der Waals surface area (Å²) in [7, 11) is 0. The smallest absolute Gasteiger partial charge is 0.339 e. The van der Waals surface area contributed by atoms with Crippen molar-refractivity contribution in [3.63, 3.8) is 0 Å². The molecular weight excluding hydrogens is 759 g/mol. The van der Waals surface area contributed by atoms with E-state index >= 15 is 0 Å². The van der Waals surface area contributed by atoms with Crippen molar-refractivity contribution in [3.05, 3.63) is 74.7 Å². The molecule has 0 fully saturated rings. The van der Waals surface area contributed by atoms with E-state index in [1.54, 1.807) is 40.9 Å². The Morgan fingerprint density at radius 2 is 1.37 bits per heavy atom. The van der Waals surface area contributed by atoms with Crippen molar-refractivity contribution >= 4 is 62.0 Å². The van der Waals surface area contributed by atoms with Crippen molar-refractivity contribution in [2.45, 2.75) is 123 Å². The molecule has 4 N–H and O–H groups in total.